The quantitative estimate of drug-likeness (QED) is 0.877. The largest absolute Gasteiger partial charge is 0.481 e. The molecular formula is C13H8Cl2FNO2. The Morgan fingerprint density at radius 3 is 2.74 bits per heavy atom. The zero-order valence-electron chi connectivity index (χ0n) is 9.53. The summed E-state index contributed by atoms with van der Waals surface area (Å²) < 4.78 is 13.9. The van der Waals surface area contributed by atoms with E-state index in [9.17, 15) is 9.18 Å². The average molecular weight is 300 g/mol. The van der Waals surface area contributed by atoms with Crippen molar-refractivity contribution < 1.29 is 14.3 Å². The van der Waals surface area contributed by atoms with Crippen molar-refractivity contribution >= 4 is 29.2 Å². The van der Waals surface area contributed by atoms with Gasteiger partial charge in [-0.2, -0.15) is 4.39 Å². The number of carboxylic acids is 1. The van der Waals surface area contributed by atoms with Crippen molar-refractivity contribution in [2.24, 2.45) is 0 Å². The van der Waals surface area contributed by atoms with E-state index in [1.807, 2.05) is 0 Å². The lowest BCUT2D eigenvalue weighted by atomic mass is 9.99. The number of carboxylic acid groups (broad SMARTS) is 1. The van der Waals surface area contributed by atoms with Gasteiger partial charge < -0.3 is 5.11 Å². The van der Waals surface area contributed by atoms with Crippen molar-refractivity contribution in [3.8, 4) is 11.1 Å². The highest BCUT2D eigenvalue weighted by molar-refractivity contribution is 6.43. The normalized spacial score (nSPS) is 10.5. The van der Waals surface area contributed by atoms with Crippen LogP contribution in [0.25, 0.3) is 11.1 Å². The van der Waals surface area contributed by atoms with E-state index in [4.69, 9.17) is 28.3 Å². The van der Waals surface area contributed by atoms with Crippen LogP contribution in [0.15, 0.2) is 30.5 Å². The minimum absolute atomic E-state index is 0.0670. The van der Waals surface area contributed by atoms with E-state index in [1.165, 1.54) is 12.3 Å². The minimum atomic E-state index is -1.06. The molecule has 0 bridgehead atoms. The number of aromatic nitrogens is 1. The maximum absolute atomic E-state index is 13.9. The van der Waals surface area contributed by atoms with Crippen molar-refractivity contribution in [3.05, 3.63) is 52.0 Å². The van der Waals surface area contributed by atoms with Crippen LogP contribution in [-0.4, -0.2) is 16.1 Å². The van der Waals surface area contributed by atoms with E-state index in [0.29, 0.717) is 11.1 Å². The molecule has 2 aromatic rings. The minimum Gasteiger partial charge on any atom is -0.481 e. The highest BCUT2D eigenvalue weighted by Crippen LogP contribution is 2.36. The summed E-state index contributed by atoms with van der Waals surface area (Å²) in [6, 6.07) is 6.20. The number of hydrogen-bond donors (Lipinski definition) is 1. The van der Waals surface area contributed by atoms with Gasteiger partial charge in [-0.3, -0.25) is 4.79 Å². The van der Waals surface area contributed by atoms with Crippen LogP contribution in [0.5, 0.6) is 0 Å². The van der Waals surface area contributed by atoms with Crippen LogP contribution in [0.4, 0.5) is 4.39 Å². The molecule has 0 spiro atoms. The second-order valence-corrected chi connectivity index (χ2v) is 4.59. The van der Waals surface area contributed by atoms with E-state index < -0.39 is 11.9 Å². The third kappa shape index (κ3) is 2.85. The molecule has 0 aliphatic carbocycles. The molecule has 0 unspecified atom stereocenters. The standard InChI is InChI=1S/C13H8Cl2FNO2/c14-9-3-1-2-8(12(9)15)11-7(6-10(18)19)4-5-17-13(11)16/h1-5H,6H2,(H,18,19). The van der Waals surface area contributed by atoms with Crippen molar-refractivity contribution in [2.75, 3.05) is 0 Å². The molecule has 0 amide bonds. The first-order valence-electron chi connectivity index (χ1n) is 5.30. The number of rotatable bonds is 3. The van der Waals surface area contributed by atoms with Crippen molar-refractivity contribution in [3.63, 3.8) is 0 Å². The summed E-state index contributed by atoms with van der Waals surface area (Å²) >= 11 is 11.9. The number of nitrogens with zero attached hydrogens (tertiary/aromatic N) is 1. The molecule has 1 N–H and O–H groups in total. The van der Waals surface area contributed by atoms with Gasteiger partial charge in [-0.1, -0.05) is 35.3 Å². The Labute approximate surface area is 118 Å². The first kappa shape index (κ1) is 13.8. The highest BCUT2D eigenvalue weighted by atomic mass is 35.5. The van der Waals surface area contributed by atoms with Gasteiger partial charge >= 0.3 is 5.97 Å². The van der Waals surface area contributed by atoms with Gasteiger partial charge in [-0.25, -0.2) is 4.98 Å². The predicted molar refractivity (Wildman–Crippen MR) is 71.0 cm³/mol. The predicted octanol–water partition coefficient (Wildman–Crippen LogP) is 3.82. The van der Waals surface area contributed by atoms with Crippen LogP contribution >= 0.6 is 23.2 Å². The molecule has 0 saturated heterocycles. The summed E-state index contributed by atoms with van der Waals surface area (Å²) in [5, 5.41) is 9.29. The number of pyridine rings is 1. The Morgan fingerprint density at radius 1 is 1.32 bits per heavy atom. The Hall–Kier alpha value is -1.65. The lowest BCUT2D eigenvalue weighted by molar-refractivity contribution is -0.136. The van der Waals surface area contributed by atoms with Gasteiger partial charge in [0.2, 0.25) is 5.95 Å². The van der Waals surface area contributed by atoms with E-state index in [1.54, 1.807) is 18.2 Å². The summed E-state index contributed by atoms with van der Waals surface area (Å²) in [6.45, 7) is 0. The maximum Gasteiger partial charge on any atom is 0.307 e. The van der Waals surface area contributed by atoms with Crippen LogP contribution in [0, 0.1) is 5.95 Å². The molecule has 6 heteroatoms. The van der Waals surface area contributed by atoms with Crippen LogP contribution in [-0.2, 0) is 11.2 Å². The van der Waals surface area contributed by atoms with Gasteiger partial charge in [0.15, 0.2) is 0 Å². The van der Waals surface area contributed by atoms with Gasteiger partial charge in [0, 0.05) is 17.3 Å². The second kappa shape index (κ2) is 5.55. The summed E-state index contributed by atoms with van der Waals surface area (Å²) in [5.41, 5.74) is 0.692. The zero-order chi connectivity index (χ0) is 14.0. The third-order valence-corrected chi connectivity index (χ3v) is 3.37. The first-order chi connectivity index (χ1) is 9.00. The number of halogens is 3. The molecule has 1 heterocycles. The Bertz CT molecular complexity index is 647. The second-order valence-electron chi connectivity index (χ2n) is 3.81. The number of carbonyl (C=O) groups is 1. The van der Waals surface area contributed by atoms with Crippen molar-refractivity contribution in [2.45, 2.75) is 6.42 Å². The fourth-order valence-electron chi connectivity index (χ4n) is 1.76. The topological polar surface area (TPSA) is 50.2 Å². The molecular weight excluding hydrogens is 292 g/mol. The summed E-state index contributed by atoms with van der Waals surface area (Å²) in [6.07, 6.45) is 0.896. The molecule has 0 radical (unpaired) electrons. The Kier molecular flexibility index (Phi) is 4.02. The molecule has 1 aromatic heterocycles. The number of aliphatic carboxylic acids is 1. The van der Waals surface area contributed by atoms with E-state index in [2.05, 4.69) is 4.98 Å². The SMILES string of the molecule is O=C(O)Cc1ccnc(F)c1-c1cccc(Cl)c1Cl. The number of hydrogen-bond acceptors (Lipinski definition) is 2. The van der Waals surface area contributed by atoms with Crippen molar-refractivity contribution in [1.82, 2.24) is 4.98 Å². The van der Waals surface area contributed by atoms with Crippen molar-refractivity contribution in [1.29, 1.82) is 0 Å². The Balaban J connectivity index is 2.67. The van der Waals surface area contributed by atoms with Gasteiger partial charge in [0.05, 0.1) is 16.5 Å². The van der Waals surface area contributed by atoms with E-state index in [-0.39, 0.29) is 22.0 Å². The molecule has 3 nitrogen and oxygen atoms in total. The smallest absolute Gasteiger partial charge is 0.307 e. The number of benzene rings is 1. The zero-order valence-corrected chi connectivity index (χ0v) is 11.0. The van der Waals surface area contributed by atoms with Crippen LogP contribution < -0.4 is 0 Å². The molecule has 2 rings (SSSR count). The van der Waals surface area contributed by atoms with E-state index >= 15 is 0 Å². The van der Waals surface area contributed by atoms with Gasteiger partial charge in [-0.05, 0) is 17.7 Å². The average Bonchev–Trinajstić information content (AvgIpc) is 2.33. The van der Waals surface area contributed by atoms with E-state index in [0.717, 1.165) is 0 Å². The highest BCUT2D eigenvalue weighted by Gasteiger charge is 2.17. The molecule has 0 aliphatic rings. The summed E-state index contributed by atoms with van der Waals surface area (Å²) in [7, 11) is 0. The first-order valence-corrected chi connectivity index (χ1v) is 6.06. The molecule has 0 aliphatic heterocycles. The van der Waals surface area contributed by atoms with Gasteiger partial charge in [0.1, 0.15) is 0 Å². The molecule has 19 heavy (non-hydrogen) atoms. The third-order valence-electron chi connectivity index (χ3n) is 2.55. The fourth-order valence-corrected chi connectivity index (χ4v) is 2.16. The Morgan fingerprint density at radius 2 is 2.05 bits per heavy atom. The van der Waals surface area contributed by atoms with Crippen LogP contribution in [0.3, 0.4) is 0 Å². The molecule has 0 fully saturated rings. The fraction of sp³-hybridized carbons (Fsp3) is 0.0769. The lowest BCUT2D eigenvalue weighted by Gasteiger charge is -2.11. The van der Waals surface area contributed by atoms with Gasteiger partial charge in [0.25, 0.3) is 0 Å². The monoisotopic (exact) mass is 299 g/mol. The van der Waals surface area contributed by atoms with Crippen LogP contribution in [0.2, 0.25) is 10.0 Å². The molecule has 0 saturated carbocycles. The summed E-state index contributed by atoms with van der Waals surface area (Å²) in [5.74, 6) is -1.84. The lowest BCUT2D eigenvalue weighted by Crippen LogP contribution is -2.04. The molecule has 0 atom stereocenters. The molecule has 1 aromatic carbocycles. The molecule has 98 valence electrons. The van der Waals surface area contributed by atoms with Crippen LogP contribution in [0.1, 0.15) is 5.56 Å². The summed E-state index contributed by atoms with van der Waals surface area (Å²) in [4.78, 5) is 14.3. The van der Waals surface area contributed by atoms with Gasteiger partial charge in [-0.15, -0.1) is 0 Å². The maximum atomic E-state index is 13.9.